The summed E-state index contributed by atoms with van der Waals surface area (Å²) in [5.41, 5.74) is 2.11. The second-order valence-electron chi connectivity index (χ2n) is 7.31. The van der Waals surface area contributed by atoms with Crippen molar-refractivity contribution < 1.29 is 4.79 Å². The highest BCUT2D eigenvalue weighted by molar-refractivity contribution is 7.18. The number of amides is 1. The molecule has 2 aromatic heterocycles. The molecule has 3 heterocycles. The summed E-state index contributed by atoms with van der Waals surface area (Å²) >= 11 is 3.46. The van der Waals surface area contributed by atoms with Crippen molar-refractivity contribution in [1.82, 2.24) is 19.8 Å². The van der Waals surface area contributed by atoms with Crippen molar-refractivity contribution in [3.05, 3.63) is 58.5 Å². The Morgan fingerprint density at radius 3 is 2.07 bits per heavy atom. The molecular weight excluding hydrogens is 400 g/mol. The van der Waals surface area contributed by atoms with Gasteiger partial charge in [0.2, 0.25) is 5.91 Å². The number of hydrogen-bond acceptors (Lipinski definition) is 6. The molecule has 1 aliphatic rings. The van der Waals surface area contributed by atoms with E-state index in [1.807, 2.05) is 29.2 Å². The minimum absolute atomic E-state index is 0.240. The van der Waals surface area contributed by atoms with Gasteiger partial charge in [-0.1, -0.05) is 24.3 Å². The first-order valence-electron chi connectivity index (χ1n) is 9.94. The zero-order valence-corrected chi connectivity index (χ0v) is 17.7. The van der Waals surface area contributed by atoms with E-state index in [0.29, 0.717) is 6.42 Å². The molecular formula is C22H22N4OS2. The van der Waals surface area contributed by atoms with Gasteiger partial charge in [0, 0.05) is 39.0 Å². The van der Waals surface area contributed by atoms with Gasteiger partial charge in [0.15, 0.2) is 0 Å². The third kappa shape index (κ3) is 4.17. The first-order chi connectivity index (χ1) is 14.2. The summed E-state index contributed by atoms with van der Waals surface area (Å²) in [6.45, 7) is 4.27. The molecule has 29 heavy (non-hydrogen) atoms. The fourth-order valence-corrected chi connectivity index (χ4v) is 5.71. The maximum absolute atomic E-state index is 12.6. The molecule has 4 aromatic rings. The number of nitrogens with zero attached hydrogens (tertiary/aromatic N) is 4. The van der Waals surface area contributed by atoms with Crippen molar-refractivity contribution in [2.24, 2.45) is 0 Å². The van der Waals surface area contributed by atoms with Crippen molar-refractivity contribution in [3.8, 4) is 0 Å². The van der Waals surface area contributed by atoms with Crippen LogP contribution in [0.5, 0.6) is 0 Å². The van der Waals surface area contributed by atoms with E-state index < -0.39 is 0 Å². The van der Waals surface area contributed by atoms with Gasteiger partial charge in [0.25, 0.3) is 0 Å². The Morgan fingerprint density at radius 2 is 1.41 bits per heavy atom. The molecule has 5 rings (SSSR count). The monoisotopic (exact) mass is 422 g/mol. The van der Waals surface area contributed by atoms with Crippen LogP contribution < -0.4 is 0 Å². The quantitative estimate of drug-likeness (QED) is 0.484. The van der Waals surface area contributed by atoms with Gasteiger partial charge >= 0.3 is 0 Å². The van der Waals surface area contributed by atoms with E-state index in [9.17, 15) is 4.79 Å². The molecule has 1 fully saturated rings. The maximum Gasteiger partial charge on any atom is 0.223 e. The Bertz CT molecular complexity index is 1080. The molecule has 0 spiro atoms. The fraction of sp³-hybridized carbons (Fsp3) is 0.318. The third-order valence-electron chi connectivity index (χ3n) is 5.31. The lowest BCUT2D eigenvalue weighted by Gasteiger charge is -2.34. The predicted molar refractivity (Wildman–Crippen MR) is 119 cm³/mol. The minimum Gasteiger partial charge on any atom is -0.340 e. The van der Waals surface area contributed by atoms with Crippen LogP contribution in [0.25, 0.3) is 20.4 Å². The largest absolute Gasteiger partial charge is 0.340 e. The Balaban J connectivity index is 1.12. The van der Waals surface area contributed by atoms with Crippen molar-refractivity contribution >= 4 is 49.0 Å². The van der Waals surface area contributed by atoms with Crippen LogP contribution in [0.3, 0.4) is 0 Å². The highest BCUT2D eigenvalue weighted by Crippen LogP contribution is 2.24. The first kappa shape index (κ1) is 18.7. The van der Waals surface area contributed by atoms with E-state index in [4.69, 9.17) is 4.98 Å². The lowest BCUT2D eigenvalue weighted by molar-refractivity contribution is -0.133. The summed E-state index contributed by atoms with van der Waals surface area (Å²) in [6, 6.07) is 16.4. The second kappa shape index (κ2) is 8.18. The first-order valence-corrected chi connectivity index (χ1v) is 11.6. The molecule has 1 amide bonds. The molecule has 148 valence electrons. The summed E-state index contributed by atoms with van der Waals surface area (Å²) in [6.07, 6.45) is 1.27. The van der Waals surface area contributed by atoms with Gasteiger partial charge in [-0.3, -0.25) is 9.69 Å². The number of rotatable bonds is 5. The van der Waals surface area contributed by atoms with Crippen molar-refractivity contribution in [2.45, 2.75) is 19.4 Å². The lowest BCUT2D eigenvalue weighted by Crippen LogP contribution is -2.48. The Kier molecular flexibility index (Phi) is 5.26. The number of aryl methyl sites for hydroxylation is 1. The average molecular weight is 423 g/mol. The number of aromatic nitrogens is 2. The number of thiazole rings is 2. The summed E-state index contributed by atoms with van der Waals surface area (Å²) in [7, 11) is 0. The minimum atomic E-state index is 0.240. The number of para-hydroxylation sites is 2. The number of piperazine rings is 1. The SMILES string of the molecule is O=C(CCc1nc2ccccc2s1)N1CCN(Cc2nc3ccccc3s2)CC1. The normalized spacial score (nSPS) is 15.4. The van der Waals surface area contributed by atoms with Gasteiger partial charge in [0.05, 0.1) is 32.0 Å². The summed E-state index contributed by atoms with van der Waals surface area (Å²) in [5, 5.41) is 2.20. The zero-order chi connectivity index (χ0) is 19.6. The Labute approximate surface area is 177 Å². The van der Waals surface area contributed by atoms with Gasteiger partial charge in [-0.05, 0) is 24.3 Å². The van der Waals surface area contributed by atoms with Gasteiger partial charge < -0.3 is 4.90 Å². The van der Waals surface area contributed by atoms with Crippen LogP contribution in [0.15, 0.2) is 48.5 Å². The van der Waals surface area contributed by atoms with Crippen LogP contribution in [-0.2, 0) is 17.8 Å². The van der Waals surface area contributed by atoms with E-state index >= 15 is 0 Å². The number of hydrogen-bond donors (Lipinski definition) is 0. The number of benzene rings is 2. The van der Waals surface area contributed by atoms with E-state index in [1.54, 1.807) is 22.7 Å². The molecule has 0 atom stereocenters. The van der Waals surface area contributed by atoms with Crippen molar-refractivity contribution in [1.29, 1.82) is 0 Å². The standard InChI is InChI=1S/C22H22N4OS2/c27-22(10-9-20-23-16-5-1-3-7-18(16)28-20)26-13-11-25(12-14-26)15-21-24-17-6-2-4-8-19(17)29-21/h1-8H,9-15H2. The van der Waals surface area contributed by atoms with Crippen molar-refractivity contribution in [3.63, 3.8) is 0 Å². The molecule has 0 N–H and O–H groups in total. The van der Waals surface area contributed by atoms with Crippen LogP contribution in [0.2, 0.25) is 0 Å². The van der Waals surface area contributed by atoms with E-state index in [2.05, 4.69) is 34.1 Å². The van der Waals surface area contributed by atoms with Crippen LogP contribution >= 0.6 is 22.7 Å². The Hall–Kier alpha value is -2.35. The topological polar surface area (TPSA) is 49.3 Å². The van der Waals surface area contributed by atoms with Gasteiger partial charge in [-0.25, -0.2) is 9.97 Å². The molecule has 1 aliphatic heterocycles. The second-order valence-corrected chi connectivity index (χ2v) is 9.54. The molecule has 5 nitrogen and oxygen atoms in total. The highest BCUT2D eigenvalue weighted by Gasteiger charge is 2.22. The summed E-state index contributed by atoms with van der Waals surface area (Å²) in [5.74, 6) is 0.240. The number of carbonyl (C=O) groups excluding carboxylic acids is 1. The average Bonchev–Trinajstić information content (AvgIpc) is 3.35. The molecule has 0 bridgehead atoms. The van der Waals surface area contributed by atoms with Crippen LogP contribution in [0, 0.1) is 0 Å². The molecule has 2 aromatic carbocycles. The number of carbonyl (C=O) groups is 1. The molecule has 1 saturated heterocycles. The molecule has 0 saturated carbocycles. The van der Waals surface area contributed by atoms with E-state index in [-0.39, 0.29) is 5.91 Å². The smallest absolute Gasteiger partial charge is 0.223 e. The van der Waals surface area contributed by atoms with Crippen LogP contribution in [0.4, 0.5) is 0 Å². The van der Waals surface area contributed by atoms with E-state index in [0.717, 1.165) is 60.2 Å². The fourth-order valence-electron chi connectivity index (χ4n) is 3.73. The van der Waals surface area contributed by atoms with Gasteiger partial charge in [0.1, 0.15) is 5.01 Å². The molecule has 7 heteroatoms. The zero-order valence-electron chi connectivity index (χ0n) is 16.1. The van der Waals surface area contributed by atoms with Gasteiger partial charge in [-0.2, -0.15) is 0 Å². The lowest BCUT2D eigenvalue weighted by atomic mass is 10.2. The van der Waals surface area contributed by atoms with Crippen molar-refractivity contribution in [2.75, 3.05) is 26.2 Å². The molecule has 0 radical (unpaired) electrons. The highest BCUT2D eigenvalue weighted by atomic mass is 32.1. The third-order valence-corrected chi connectivity index (χ3v) is 7.43. The summed E-state index contributed by atoms with van der Waals surface area (Å²) in [4.78, 5) is 26.4. The molecule has 0 unspecified atom stereocenters. The predicted octanol–water partition coefficient (Wildman–Crippen LogP) is 4.18. The van der Waals surface area contributed by atoms with Crippen LogP contribution in [0.1, 0.15) is 16.4 Å². The van der Waals surface area contributed by atoms with Crippen LogP contribution in [-0.4, -0.2) is 51.9 Å². The summed E-state index contributed by atoms with van der Waals surface area (Å²) < 4.78 is 2.43. The van der Waals surface area contributed by atoms with Gasteiger partial charge in [-0.15, -0.1) is 22.7 Å². The molecule has 0 aliphatic carbocycles. The van der Waals surface area contributed by atoms with E-state index in [1.165, 1.54) is 9.40 Å². The maximum atomic E-state index is 12.6. The Morgan fingerprint density at radius 1 is 0.828 bits per heavy atom. The number of fused-ring (bicyclic) bond motifs is 2.